The summed E-state index contributed by atoms with van der Waals surface area (Å²) in [6.45, 7) is 1.95. The van der Waals surface area contributed by atoms with Crippen LogP contribution in [-0.2, 0) is 0 Å². The summed E-state index contributed by atoms with van der Waals surface area (Å²) in [5.41, 5.74) is 4.73. The normalized spacial score (nSPS) is 12.4. The molecule has 3 N–H and O–H groups in total. The van der Waals surface area contributed by atoms with Crippen molar-refractivity contribution in [2.75, 3.05) is 0 Å². The highest BCUT2D eigenvalue weighted by molar-refractivity contribution is 5.28. The second-order valence-corrected chi connectivity index (χ2v) is 3.75. The number of hydrazine groups is 1. The Morgan fingerprint density at radius 3 is 2.82 bits per heavy atom. The minimum absolute atomic E-state index is 0.404. The molecular formula is C12H13FN4. The van der Waals surface area contributed by atoms with Crippen LogP contribution < -0.4 is 11.3 Å². The Hall–Kier alpha value is -1.85. The van der Waals surface area contributed by atoms with Gasteiger partial charge in [-0.1, -0.05) is 0 Å². The first kappa shape index (κ1) is 11.6. The highest BCUT2D eigenvalue weighted by atomic mass is 19.1. The zero-order chi connectivity index (χ0) is 12.3. The SMILES string of the molecule is Cc1ccnc(C(NN)c2ccncc2F)c1. The molecule has 0 amide bonds. The van der Waals surface area contributed by atoms with Gasteiger partial charge in [0.2, 0.25) is 0 Å². The molecule has 0 bridgehead atoms. The van der Waals surface area contributed by atoms with Crippen molar-refractivity contribution in [1.82, 2.24) is 15.4 Å². The van der Waals surface area contributed by atoms with Crippen molar-refractivity contribution >= 4 is 0 Å². The molecule has 0 saturated heterocycles. The lowest BCUT2D eigenvalue weighted by molar-refractivity contribution is 0.548. The van der Waals surface area contributed by atoms with Gasteiger partial charge in [0.1, 0.15) is 5.82 Å². The van der Waals surface area contributed by atoms with Crippen LogP contribution in [0.4, 0.5) is 4.39 Å². The van der Waals surface area contributed by atoms with Gasteiger partial charge >= 0.3 is 0 Å². The maximum Gasteiger partial charge on any atom is 0.146 e. The van der Waals surface area contributed by atoms with Crippen molar-refractivity contribution in [3.63, 3.8) is 0 Å². The summed E-state index contributed by atoms with van der Waals surface area (Å²) in [5.74, 6) is 5.07. The molecule has 0 radical (unpaired) electrons. The summed E-state index contributed by atoms with van der Waals surface area (Å²) in [6.07, 6.45) is 4.36. The number of nitrogens with two attached hydrogens (primary N) is 1. The molecular weight excluding hydrogens is 219 g/mol. The predicted molar refractivity (Wildman–Crippen MR) is 62.3 cm³/mol. The van der Waals surface area contributed by atoms with Crippen molar-refractivity contribution in [3.8, 4) is 0 Å². The molecule has 2 aromatic heterocycles. The fourth-order valence-corrected chi connectivity index (χ4v) is 1.67. The molecule has 0 aromatic carbocycles. The van der Waals surface area contributed by atoms with Crippen LogP contribution >= 0.6 is 0 Å². The van der Waals surface area contributed by atoms with Crippen molar-refractivity contribution in [3.05, 3.63) is 59.4 Å². The number of rotatable bonds is 3. The Balaban J connectivity index is 2.44. The Kier molecular flexibility index (Phi) is 3.41. The molecule has 2 heterocycles. The number of hydrogen-bond donors (Lipinski definition) is 2. The number of aryl methyl sites for hydroxylation is 1. The van der Waals surface area contributed by atoms with Gasteiger partial charge in [0.05, 0.1) is 17.9 Å². The summed E-state index contributed by atoms with van der Waals surface area (Å²) < 4.78 is 13.6. The second kappa shape index (κ2) is 4.99. The van der Waals surface area contributed by atoms with E-state index in [1.165, 1.54) is 6.20 Å². The van der Waals surface area contributed by atoms with E-state index in [0.29, 0.717) is 11.3 Å². The molecule has 0 spiro atoms. The van der Waals surface area contributed by atoms with E-state index in [9.17, 15) is 4.39 Å². The molecule has 0 saturated carbocycles. The van der Waals surface area contributed by atoms with Crippen LogP contribution in [0.3, 0.4) is 0 Å². The lowest BCUT2D eigenvalue weighted by Gasteiger charge is -2.16. The molecule has 0 fully saturated rings. The Morgan fingerprint density at radius 2 is 2.18 bits per heavy atom. The number of nitrogens with one attached hydrogen (secondary N) is 1. The van der Waals surface area contributed by atoms with Gasteiger partial charge in [-0.3, -0.25) is 15.8 Å². The molecule has 4 nitrogen and oxygen atoms in total. The number of nitrogens with zero attached hydrogens (tertiary/aromatic N) is 2. The molecule has 2 aromatic rings. The summed E-state index contributed by atoms with van der Waals surface area (Å²) in [6, 6.07) is 4.85. The summed E-state index contributed by atoms with van der Waals surface area (Å²) >= 11 is 0. The van der Waals surface area contributed by atoms with E-state index in [4.69, 9.17) is 5.84 Å². The van der Waals surface area contributed by atoms with Crippen LogP contribution in [0.1, 0.15) is 22.9 Å². The maximum absolute atomic E-state index is 13.6. The summed E-state index contributed by atoms with van der Waals surface area (Å²) in [7, 11) is 0. The van der Waals surface area contributed by atoms with Crippen LogP contribution in [0.5, 0.6) is 0 Å². The third-order valence-electron chi connectivity index (χ3n) is 2.51. The van der Waals surface area contributed by atoms with E-state index >= 15 is 0 Å². The van der Waals surface area contributed by atoms with Crippen molar-refractivity contribution in [1.29, 1.82) is 0 Å². The van der Waals surface area contributed by atoms with Gasteiger partial charge in [0.25, 0.3) is 0 Å². The first-order chi connectivity index (χ1) is 8.22. The van der Waals surface area contributed by atoms with Gasteiger partial charge in [-0.05, 0) is 30.7 Å². The van der Waals surface area contributed by atoms with E-state index in [1.54, 1.807) is 12.3 Å². The average Bonchev–Trinajstić information content (AvgIpc) is 2.33. The number of hydrogen-bond acceptors (Lipinski definition) is 4. The van der Waals surface area contributed by atoms with E-state index in [0.717, 1.165) is 11.8 Å². The van der Waals surface area contributed by atoms with Gasteiger partial charge in [-0.2, -0.15) is 0 Å². The zero-order valence-corrected chi connectivity index (χ0v) is 9.39. The smallest absolute Gasteiger partial charge is 0.146 e. The highest BCUT2D eigenvalue weighted by Gasteiger charge is 2.17. The molecule has 0 aliphatic heterocycles. The predicted octanol–water partition coefficient (Wildman–Crippen LogP) is 1.48. The molecule has 88 valence electrons. The summed E-state index contributed by atoms with van der Waals surface area (Å²) in [4.78, 5) is 7.91. The number of halogens is 1. The minimum atomic E-state index is -0.474. The largest absolute Gasteiger partial charge is 0.271 e. The van der Waals surface area contributed by atoms with Crippen LogP contribution in [0.15, 0.2) is 36.8 Å². The molecule has 5 heteroatoms. The quantitative estimate of drug-likeness (QED) is 0.621. The fourth-order valence-electron chi connectivity index (χ4n) is 1.67. The van der Waals surface area contributed by atoms with E-state index in [1.807, 2.05) is 19.1 Å². The van der Waals surface area contributed by atoms with E-state index in [2.05, 4.69) is 15.4 Å². The van der Waals surface area contributed by atoms with E-state index < -0.39 is 11.9 Å². The van der Waals surface area contributed by atoms with Gasteiger partial charge in [0, 0.05) is 18.0 Å². The second-order valence-electron chi connectivity index (χ2n) is 3.75. The van der Waals surface area contributed by atoms with Crippen LogP contribution in [0.2, 0.25) is 0 Å². The zero-order valence-electron chi connectivity index (χ0n) is 9.39. The molecule has 0 aliphatic carbocycles. The van der Waals surface area contributed by atoms with Crippen molar-refractivity contribution < 1.29 is 4.39 Å². The third-order valence-corrected chi connectivity index (χ3v) is 2.51. The highest BCUT2D eigenvalue weighted by Crippen LogP contribution is 2.21. The van der Waals surface area contributed by atoms with Crippen LogP contribution in [0.25, 0.3) is 0 Å². The average molecular weight is 232 g/mol. The Morgan fingerprint density at radius 1 is 1.35 bits per heavy atom. The topological polar surface area (TPSA) is 63.8 Å². The standard InChI is InChI=1S/C12H13FN4/c1-8-2-5-16-11(6-8)12(17-14)9-3-4-15-7-10(9)13/h2-7,12,17H,14H2,1H3. The van der Waals surface area contributed by atoms with Gasteiger partial charge in [-0.25, -0.2) is 9.82 Å². The molecule has 1 unspecified atom stereocenters. The first-order valence-corrected chi connectivity index (χ1v) is 5.20. The minimum Gasteiger partial charge on any atom is -0.271 e. The molecule has 0 aliphatic rings. The maximum atomic E-state index is 13.6. The van der Waals surface area contributed by atoms with Gasteiger partial charge in [0.15, 0.2) is 0 Å². The van der Waals surface area contributed by atoms with Gasteiger partial charge < -0.3 is 0 Å². The first-order valence-electron chi connectivity index (χ1n) is 5.20. The number of pyridine rings is 2. The Labute approximate surface area is 98.7 Å². The number of aromatic nitrogens is 2. The lowest BCUT2D eigenvalue weighted by atomic mass is 10.0. The molecule has 17 heavy (non-hydrogen) atoms. The van der Waals surface area contributed by atoms with E-state index in [-0.39, 0.29) is 0 Å². The van der Waals surface area contributed by atoms with Crippen LogP contribution in [-0.4, -0.2) is 9.97 Å². The molecule has 1 atom stereocenters. The monoisotopic (exact) mass is 232 g/mol. The van der Waals surface area contributed by atoms with Crippen molar-refractivity contribution in [2.45, 2.75) is 13.0 Å². The fraction of sp³-hybridized carbons (Fsp3) is 0.167. The summed E-state index contributed by atoms with van der Waals surface area (Å²) in [5, 5.41) is 0. The molecule has 2 rings (SSSR count). The van der Waals surface area contributed by atoms with Crippen molar-refractivity contribution in [2.24, 2.45) is 5.84 Å². The van der Waals surface area contributed by atoms with Crippen LogP contribution in [0, 0.1) is 12.7 Å². The lowest BCUT2D eigenvalue weighted by Crippen LogP contribution is -2.30. The Bertz CT molecular complexity index is 515. The third kappa shape index (κ3) is 2.46. The van der Waals surface area contributed by atoms with Gasteiger partial charge in [-0.15, -0.1) is 0 Å².